The number of piperazine rings is 1. The molecule has 1 aromatic rings. The maximum atomic E-state index is 4.62. The monoisotopic (exact) mass is 251 g/mol. The number of H-pyrrole nitrogens is 1. The van der Waals surface area contributed by atoms with Gasteiger partial charge in [0, 0.05) is 31.6 Å². The average Bonchev–Trinajstić information content (AvgIpc) is 2.76. The fourth-order valence-electron chi connectivity index (χ4n) is 2.48. The maximum absolute atomic E-state index is 4.62. The molecular formula is C13H25N5. The van der Waals surface area contributed by atoms with Gasteiger partial charge in [-0.3, -0.25) is 5.10 Å². The van der Waals surface area contributed by atoms with Gasteiger partial charge in [0.25, 0.3) is 0 Å². The highest BCUT2D eigenvalue weighted by Gasteiger charge is 2.23. The summed E-state index contributed by atoms with van der Waals surface area (Å²) in [6.45, 7) is 10.8. The van der Waals surface area contributed by atoms with Gasteiger partial charge in [0.1, 0.15) is 5.82 Å². The summed E-state index contributed by atoms with van der Waals surface area (Å²) in [6.07, 6.45) is 2.17. The topological polar surface area (TPSA) is 56.8 Å². The van der Waals surface area contributed by atoms with E-state index in [9.17, 15) is 0 Å². The highest BCUT2D eigenvalue weighted by molar-refractivity contribution is 5.30. The van der Waals surface area contributed by atoms with Crippen LogP contribution in [0.4, 0.5) is 5.95 Å². The van der Waals surface area contributed by atoms with E-state index >= 15 is 0 Å². The largest absolute Gasteiger partial charge is 0.336 e. The zero-order valence-electron chi connectivity index (χ0n) is 11.9. The molecule has 5 nitrogen and oxygen atoms in total. The third-order valence-electron chi connectivity index (χ3n) is 3.60. The van der Waals surface area contributed by atoms with E-state index in [4.69, 9.17) is 0 Å². The van der Waals surface area contributed by atoms with Crippen LogP contribution >= 0.6 is 0 Å². The average molecular weight is 251 g/mol. The Morgan fingerprint density at radius 3 is 2.61 bits per heavy atom. The molecule has 1 aromatic heterocycles. The van der Waals surface area contributed by atoms with Crippen molar-refractivity contribution in [2.75, 3.05) is 18.0 Å². The van der Waals surface area contributed by atoms with Crippen LogP contribution in [0.15, 0.2) is 0 Å². The molecule has 18 heavy (non-hydrogen) atoms. The van der Waals surface area contributed by atoms with Crippen LogP contribution < -0.4 is 10.2 Å². The minimum Gasteiger partial charge on any atom is -0.336 e. The Labute approximate surface area is 109 Å². The summed E-state index contributed by atoms with van der Waals surface area (Å²) >= 11 is 0. The lowest BCUT2D eigenvalue weighted by atomic mass is 10.1. The first-order chi connectivity index (χ1) is 8.58. The number of anilines is 1. The Morgan fingerprint density at radius 2 is 2.00 bits per heavy atom. The van der Waals surface area contributed by atoms with E-state index in [2.05, 4.69) is 53.1 Å². The molecule has 0 saturated carbocycles. The van der Waals surface area contributed by atoms with Crippen molar-refractivity contribution in [3.05, 3.63) is 5.82 Å². The second-order valence-electron chi connectivity index (χ2n) is 5.67. The SMILES string of the molecule is CCC(C)Cc1nc(N2CC(C)NC(C)C2)n[nH]1. The Kier molecular flexibility index (Phi) is 4.22. The minimum absolute atomic E-state index is 0.491. The summed E-state index contributed by atoms with van der Waals surface area (Å²) in [6, 6.07) is 0.982. The first-order valence-electron chi connectivity index (χ1n) is 7.00. The highest BCUT2D eigenvalue weighted by Crippen LogP contribution is 2.14. The van der Waals surface area contributed by atoms with Gasteiger partial charge >= 0.3 is 0 Å². The number of aromatic nitrogens is 3. The molecule has 1 aliphatic rings. The molecule has 3 atom stereocenters. The summed E-state index contributed by atoms with van der Waals surface area (Å²) in [5, 5.41) is 11.0. The third kappa shape index (κ3) is 3.22. The van der Waals surface area contributed by atoms with Gasteiger partial charge in [0.05, 0.1) is 0 Å². The number of nitrogens with zero attached hydrogens (tertiary/aromatic N) is 3. The second kappa shape index (κ2) is 5.69. The van der Waals surface area contributed by atoms with Gasteiger partial charge in [0.2, 0.25) is 5.95 Å². The predicted molar refractivity (Wildman–Crippen MR) is 73.8 cm³/mol. The molecule has 0 radical (unpaired) electrons. The summed E-state index contributed by atoms with van der Waals surface area (Å²) in [4.78, 5) is 6.89. The van der Waals surface area contributed by atoms with Crippen molar-refractivity contribution in [2.45, 2.75) is 52.6 Å². The van der Waals surface area contributed by atoms with Gasteiger partial charge in [0.15, 0.2) is 0 Å². The molecule has 0 aliphatic carbocycles. The van der Waals surface area contributed by atoms with Gasteiger partial charge < -0.3 is 10.2 Å². The van der Waals surface area contributed by atoms with Gasteiger partial charge in [-0.2, -0.15) is 4.98 Å². The van der Waals surface area contributed by atoms with E-state index in [0.717, 1.165) is 31.3 Å². The molecule has 0 spiro atoms. The van der Waals surface area contributed by atoms with Crippen LogP contribution in [0.5, 0.6) is 0 Å². The molecular weight excluding hydrogens is 226 g/mol. The van der Waals surface area contributed by atoms with Gasteiger partial charge in [-0.1, -0.05) is 20.3 Å². The van der Waals surface area contributed by atoms with Gasteiger partial charge in [-0.05, 0) is 19.8 Å². The fourth-order valence-corrected chi connectivity index (χ4v) is 2.48. The van der Waals surface area contributed by atoms with E-state index in [0.29, 0.717) is 18.0 Å². The predicted octanol–water partition coefficient (Wildman–Crippen LogP) is 1.58. The van der Waals surface area contributed by atoms with E-state index in [1.807, 2.05) is 0 Å². The molecule has 1 fully saturated rings. The Balaban J connectivity index is 2.00. The number of aromatic amines is 1. The molecule has 2 N–H and O–H groups in total. The third-order valence-corrected chi connectivity index (χ3v) is 3.60. The summed E-state index contributed by atoms with van der Waals surface area (Å²) < 4.78 is 0. The lowest BCUT2D eigenvalue weighted by molar-refractivity contribution is 0.403. The van der Waals surface area contributed by atoms with Crippen molar-refractivity contribution in [1.82, 2.24) is 20.5 Å². The van der Waals surface area contributed by atoms with Crippen molar-refractivity contribution >= 4 is 5.95 Å². The minimum atomic E-state index is 0.491. The molecule has 1 saturated heterocycles. The van der Waals surface area contributed by atoms with E-state index in [-0.39, 0.29) is 0 Å². The van der Waals surface area contributed by atoms with Crippen molar-refractivity contribution in [3.63, 3.8) is 0 Å². The second-order valence-corrected chi connectivity index (χ2v) is 5.67. The van der Waals surface area contributed by atoms with Crippen molar-refractivity contribution in [3.8, 4) is 0 Å². The van der Waals surface area contributed by atoms with Crippen LogP contribution in [0.3, 0.4) is 0 Å². The van der Waals surface area contributed by atoms with Crippen LogP contribution in [0.25, 0.3) is 0 Å². The molecule has 3 unspecified atom stereocenters. The fraction of sp³-hybridized carbons (Fsp3) is 0.846. The van der Waals surface area contributed by atoms with Crippen LogP contribution in [0, 0.1) is 5.92 Å². The molecule has 0 bridgehead atoms. The Morgan fingerprint density at radius 1 is 1.33 bits per heavy atom. The number of hydrogen-bond donors (Lipinski definition) is 2. The van der Waals surface area contributed by atoms with Crippen LogP contribution in [0.2, 0.25) is 0 Å². The summed E-state index contributed by atoms with van der Waals surface area (Å²) in [5.74, 6) is 2.53. The number of hydrogen-bond acceptors (Lipinski definition) is 4. The van der Waals surface area contributed by atoms with Gasteiger partial charge in [-0.25, -0.2) is 0 Å². The van der Waals surface area contributed by atoms with Crippen LogP contribution in [-0.4, -0.2) is 40.4 Å². The van der Waals surface area contributed by atoms with Crippen molar-refractivity contribution < 1.29 is 0 Å². The standard InChI is InChI=1S/C13H25N5/c1-5-9(2)6-12-15-13(17-16-12)18-7-10(3)14-11(4)8-18/h9-11,14H,5-8H2,1-4H3,(H,15,16,17). The molecule has 2 rings (SSSR count). The molecule has 5 heteroatoms. The maximum Gasteiger partial charge on any atom is 0.244 e. The highest BCUT2D eigenvalue weighted by atomic mass is 15.4. The lowest BCUT2D eigenvalue weighted by Crippen LogP contribution is -2.54. The number of rotatable bonds is 4. The van der Waals surface area contributed by atoms with Gasteiger partial charge in [-0.15, -0.1) is 5.10 Å². The molecule has 102 valence electrons. The smallest absolute Gasteiger partial charge is 0.244 e. The van der Waals surface area contributed by atoms with Crippen LogP contribution in [0.1, 0.15) is 39.9 Å². The summed E-state index contributed by atoms with van der Waals surface area (Å²) in [7, 11) is 0. The Bertz CT molecular complexity index is 365. The first kappa shape index (κ1) is 13.3. The molecule has 1 aliphatic heterocycles. The zero-order valence-corrected chi connectivity index (χ0v) is 11.9. The lowest BCUT2D eigenvalue weighted by Gasteiger charge is -2.35. The molecule has 0 amide bonds. The van der Waals surface area contributed by atoms with Crippen LogP contribution in [-0.2, 0) is 6.42 Å². The molecule has 2 heterocycles. The van der Waals surface area contributed by atoms with E-state index < -0.39 is 0 Å². The summed E-state index contributed by atoms with van der Waals surface area (Å²) in [5.41, 5.74) is 0. The molecule has 0 aromatic carbocycles. The van der Waals surface area contributed by atoms with E-state index in [1.165, 1.54) is 6.42 Å². The van der Waals surface area contributed by atoms with Crippen molar-refractivity contribution in [2.24, 2.45) is 5.92 Å². The first-order valence-corrected chi connectivity index (χ1v) is 7.00. The Hall–Kier alpha value is -1.10. The number of nitrogens with one attached hydrogen (secondary N) is 2. The quantitative estimate of drug-likeness (QED) is 0.853. The van der Waals surface area contributed by atoms with E-state index in [1.54, 1.807) is 0 Å². The van der Waals surface area contributed by atoms with Crippen molar-refractivity contribution in [1.29, 1.82) is 0 Å². The normalized spacial score (nSPS) is 26.3. The zero-order chi connectivity index (χ0) is 13.1.